The number of methoxy groups -OCH3 is 1. The van der Waals surface area contributed by atoms with E-state index in [1.807, 2.05) is 36.4 Å². The van der Waals surface area contributed by atoms with Crippen LogP contribution in [0.1, 0.15) is 42.5 Å². The van der Waals surface area contributed by atoms with Gasteiger partial charge in [-0.15, -0.1) is 0 Å². The number of hydrogen-bond acceptors (Lipinski definition) is 5. The molecule has 154 valence electrons. The Kier molecular flexibility index (Phi) is 5.99. The van der Waals surface area contributed by atoms with Gasteiger partial charge in [0.25, 0.3) is 11.8 Å². The highest BCUT2D eigenvalue weighted by molar-refractivity contribution is 8.18. The van der Waals surface area contributed by atoms with Gasteiger partial charge in [-0.1, -0.05) is 55.7 Å². The zero-order chi connectivity index (χ0) is 21.1. The number of benzene rings is 2. The summed E-state index contributed by atoms with van der Waals surface area (Å²) in [6, 6.07) is 13.1. The van der Waals surface area contributed by atoms with E-state index in [4.69, 9.17) is 0 Å². The van der Waals surface area contributed by atoms with E-state index >= 15 is 0 Å². The molecule has 0 spiro atoms. The Hall–Kier alpha value is -2.93. The van der Waals surface area contributed by atoms with Crippen LogP contribution in [-0.4, -0.2) is 41.0 Å². The number of hydrogen-bond donors (Lipinski definition) is 0. The first-order valence-electron chi connectivity index (χ1n) is 10.0. The quantitative estimate of drug-likeness (QED) is 0.544. The second-order valence-corrected chi connectivity index (χ2v) is 8.34. The molecule has 0 unspecified atom stereocenters. The Morgan fingerprint density at radius 1 is 1.10 bits per heavy atom. The second kappa shape index (κ2) is 8.83. The SMILES string of the molecule is COC(=O)/C=C1\SC(=NC(=O)c2cccc3ccccc23)N(C2CCCCC2)C1=O. The number of aliphatic imine (C=N–C) groups is 1. The van der Waals surface area contributed by atoms with Crippen LogP contribution in [0, 0.1) is 0 Å². The van der Waals surface area contributed by atoms with Crippen LogP contribution in [0.25, 0.3) is 10.8 Å². The predicted molar refractivity (Wildman–Crippen MR) is 117 cm³/mol. The number of amides is 2. The highest BCUT2D eigenvalue weighted by Crippen LogP contribution is 2.36. The first-order chi connectivity index (χ1) is 14.6. The van der Waals surface area contributed by atoms with Crippen molar-refractivity contribution in [1.29, 1.82) is 0 Å². The number of carbonyl (C=O) groups is 3. The summed E-state index contributed by atoms with van der Waals surface area (Å²) in [6.07, 6.45) is 6.09. The largest absolute Gasteiger partial charge is 0.466 e. The van der Waals surface area contributed by atoms with Gasteiger partial charge in [-0.25, -0.2) is 4.79 Å². The van der Waals surface area contributed by atoms with E-state index in [-0.39, 0.29) is 16.9 Å². The van der Waals surface area contributed by atoms with Crippen LogP contribution in [0.3, 0.4) is 0 Å². The molecule has 30 heavy (non-hydrogen) atoms. The van der Waals surface area contributed by atoms with Crippen molar-refractivity contribution >= 4 is 45.5 Å². The molecule has 0 radical (unpaired) electrons. The molecule has 0 bridgehead atoms. The lowest BCUT2D eigenvalue weighted by atomic mass is 9.94. The van der Waals surface area contributed by atoms with Crippen molar-refractivity contribution in [2.75, 3.05) is 7.11 Å². The average molecular weight is 423 g/mol. The molecular weight excluding hydrogens is 400 g/mol. The lowest BCUT2D eigenvalue weighted by Gasteiger charge is -2.30. The zero-order valence-electron chi connectivity index (χ0n) is 16.7. The Balaban J connectivity index is 1.72. The molecule has 7 heteroatoms. The maximum absolute atomic E-state index is 13.1. The highest BCUT2D eigenvalue weighted by Gasteiger charge is 2.39. The van der Waals surface area contributed by atoms with Crippen LogP contribution in [0.5, 0.6) is 0 Å². The highest BCUT2D eigenvalue weighted by atomic mass is 32.2. The standard InChI is InChI=1S/C23H22N2O4S/c1-29-20(26)14-19-22(28)25(16-10-3-2-4-11-16)23(30-19)24-21(27)18-13-7-9-15-8-5-6-12-17(15)18/h5-9,12-14,16H,2-4,10-11H2,1H3/b19-14-,24-23?. The second-order valence-electron chi connectivity index (χ2n) is 7.33. The third-order valence-corrected chi connectivity index (χ3v) is 6.43. The smallest absolute Gasteiger partial charge is 0.331 e. The normalized spacial score (nSPS) is 20.3. The van der Waals surface area contributed by atoms with Crippen molar-refractivity contribution in [2.45, 2.75) is 38.1 Å². The number of rotatable bonds is 3. The third kappa shape index (κ3) is 4.03. The van der Waals surface area contributed by atoms with Gasteiger partial charge >= 0.3 is 5.97 Å². The van der Waals surface area contributed by atoms with Crippen LogP contribution in [0.4, 0.5) is 0 Å². The molecule has 1 aliphatic heterocycles. The van der Waals surface area contributed by atoms with Gasteiger partial charge in [0.1, 0.15) is 0 Å². The maximum atomic E-state index is 13.1. The number of thioether (sulfide) groups is 1. The molecular formula is C23H22N2O4S. The van der Waals surface area contributed by atoms with E-state index in [1.165, 1.54) is 13.2 Å². The fourth-order valence-electron chi connectivity index (χ4n) is 3.95. The van der Waals surface area contributed by atoms with Gasteiger partial charge in [-0.05, 0) is 41.4 Å². The summed E-state index contributed by atoms with van der Waals surface area (Å²) < 4.78 is 4.67. The van der Waals surface area contributed by atoms with Crippen LogP contribution in [-0.2, 0) is 14.3 Å². The number of carbonyl (C=O) groups excluding carboxylic acids is 3. The summed E-state index contributed by atoms with van der Waals surface area (Å²) in [5.74, 6) is -1.29. The molecule has 0 N–H and O–H groups in total. The Labute approximate surface area is 179 Å². The molecule has 1 saturated carbocycles. The van der Waals surface area contributed by atoms with Crippen molar-refractivity contribution in [3.63, 3.8) is 0 Å². The molecule has 2 aromatic carbocycles. The molecule has 1 heterocycles. The molecule has 6 nitrogen and oxygen atoms in total. The van der Waals surface area contributed by atoms with Gasteiger partial charge in [0.2, 0.25) is 0 Å². The minimum Gasteiger partial charge on any atom is -0.466 e. The summed E-state index contributed by atoms with van der Waals surface area (Å²) >= 11 is 1.06. The van der Waals surface area contributed by atoms with Crippen LogP contribution in [0.2, 0.25) is 0 Å². The predicted octanol–water partition coefficient (Wildman–Crippen LogP) is 4.30. The first kappa shape index (κ1) is 20.3. The van der Waals surface area contributed by atoms with Crippen LogP contribution >= 0.6 is 11.8 Å². The van der Waals surface area contributed by atoms with E-state index in [9.17, 15) is 14.4 Å². The van der Waals surface area contributed by atoms with Crippen molar-refractivity contribution in [3.8, 4) is 0 Å². The van der Waals surface area contributed by atoms with E-state index in [0.29, 0.717) is 10.7 Å². The molecule has 0 aromatic heterocycles. The fraction of sp³-hybridized carbons (Fsp3) is 0.304. The number of fused-ring (bicyclic) bond motifs is 1. The molecule has 2 amide bonds. The zero-order valence-corrected chi connectivity index (χ0v) is 17.5. The van der Waals surface area contributed by atoms with Crippen molar-refractivity contribution in [3.05, 3.63) is 59.0 Å². The summed E-state index contributed by atoms with van der Waals surface area (Å²) in [7, 11) is 1.27. The minimum atomic E-state index is -0.601. The first-order valence-corrected chi connectivity index (χ1v) is 10.8. The van der Waals surface area contributed by atoms with Crippen LogP contribution in [0.15, 0.2) is 58.4 Å². The van der Waals surface area contributed by atoms with E-state index in [0.717, 1.165) is 54.6 Å². The summed E-state index contributed by atoms with van der Waals surface area (Å²) in [4.78, 5) is 44.0. The summed E-state index contributed by atoms with van der Waals surface area (Å²) in [6.45, 7) is 0. The maximum Gasteiger partial charge on any atom is 0.331 e. The van der Waals surface area contributed by atoms with Gasteiger partial charge < -0.3 is 4.74 Å². The molecule has 1 aliphatic carbocycles. The lowest BCUT2D eigenvalue weighted by Crippen LogP contribution is -2.40. The Bertz CT molecular complexity index is 1060. The molecule has 2 aromatic rings. The lowest BCUT2D eigenvalue weighted by molar-refractivity contribution is -0.135. The molecule has 1 saturated heterocycles. The molecule has 2 fully saturated rings. The van der Waals surface area contributed by atoms with Crippen molar-refractivity contribution in [2.24, 2.45) is 4.99 Å². The van der Waals surface area contributed by atoms with Gasteiger partial charge in [0, 0.05) is 17.7 Å². The number of esters is 1. The number of ether oxygens (including phenoxy) is 1. The average Bonchev–Trinajstić information content (AvgIpc) is 3.08. The summed E-state index contributed by atoms with van der Waals surface area (Å²) in [5, 5.41) is 2.10. The van der Waals surface area contributed by atoms with Gasteiger partial charge in [0.15, 0.2) is 5.17 Å². The Morgan fingerprint density at radius 3 is 2.60 bits per heavy atom. The topological polar surface area (TPSA) is 76.0 Å². The number of nitrogens with zero attached hydrogens (tertiary/aromatic N) is 2. The monoisotopic (exact) mass is 422 g/mol. The van der Waals surface area contributed by atoms with Crippen molar-refractivity contribution < 1.29 is 19.1 Å². The molecule has 0 atom stereocenters. The Morgan fingerprint density at radius 2 is 1.83 bits per heavy atom. The van der Waals surface area contributed by atoms with Gasteiger partial charge in [-0.3, -0.25) is 14.5 Å². The van der Waals surface area contributed by atoms with Gasteiger partial charge in [0.05, 0.1) is 12.0 Å². The van der Waals surface area contributed by atoms with Crippen molar-refractivity contribution in [1.82, 2.24) is 4.90 Å². The van der Waals surface area contributed by atoms with Gasteiger partial charge in [-0.2, -0.15) is 4.99 Å². The summed E-state index contributed by atoms with van der Waals surface area (Å²) in [5.41, 5.74) is 0.489. The van der Waals surface area contributed by atoms with Crippen LogP contribution < -0.4 is 0 Å². The van der Waals surface area contributed by atoms with E-state index in [1.54, 1.807) is 11.0 Å². The number of amidine groups is 1. The van der Waals surface area contributed by atoms with E-state index in [2.05, 4.69) is 9.73 Å². The molecule has 4 rings (SSSR count). The third-order valence-electron chi connectivity index (χ3n) is 5.44. The molecule has 2 aliphatic rings. The minimum absolute atomic E-state index is 0.0126. The van der Waals surface area contributed by atoms with E-state index < -0.39 is 11.9 Å². The fourth-order valence-corrected chi connectivity index (χ4v) is 4.95.